The Labute approximate surface area is 133 Å². The Kier molecular flexibility index (Phi) is 6.68. The van der Waals surface area contributed by atoms with E-state index in [2.05, 4.69) is 34.5 Å². The number of rotatable bonds is 6. The number of benzene rings is 1. The van der Waals surface area contributed by atoms with Crippen LogP contribution in [0, 0.1) is 0 Å². The lowest BCUT2D eigenvalue weighted by molar-refractivity contribution is 0.129. The first-order valence-corrected chi connectivity index (χ1v) is 7.99. The number of amides is 2. The van der Waals surface area contributed by atoms with E-state index in [4.69, 9.17) is 4.74 Å². The number of ether oxygens (including phenoxy) is 1. The maximum absolute atomic E-state index is 12.1. The van der Waals surface area contributed by atoms with Gasteiger partial charge in [-0.25, -0.2) is 4.79 Å². The first-order valence-electron chi connectivity index (χ1n) is 7.99. The molecule has 5 nitrogen and oxygen atoms in total. The van der Waals surface area contributed by atoms with Crippen molar-refractivity contribution in [1.29, 1.82) is 0 Å². The minimum atomic E-state index is 0.0206. The van der Waals surface area contributed by atoms with Gasteiger partial charge in [0.15, 0.2) is 0 Å². The van der Waals surface area contributed by atoms with E-state index in [9.17, 15) is 4.79 Å². The molecule has 0 saturated carbocycles. The monoisotopic (exact) mass is 305 g/mol. The van der Waals surface area contributed by atoms with Gasteiger partial charge < -0.3 is 15.0 Å². The lowest BCUT2D eigenvalue weighted by Crippen LogP contribution is -2.53. The summed E-state index contributed by atoms with van der Waals surface area (Å²) in [5.41, 5.74) is 1.37. The van der Waals surface area contributed by atoms with Crippen LogP contribution in [-0.2, 0) is 11.2 Å². The van der Waals surface area contributed by atoms with Gasteiger partial charge in [-0.2, -0.15) is 0 Å². The van der Waals surface area contributed by atoms with Gasteiger partial charge in [0.2, 0.25) is 0 Å². The summed E-state index contributed by atoms with van der Waals surface area (Å²) >= 11 is 0. The molecule has 0 aromatic heterocycles. The molecule has 1 heterocycles. The van der Waals surface area contributed by atoms with Gasteiger partial charge in [0.1, 0.15) is 0 Å². The van der Waals surface area contributed by atoms with Crippen molar-refractivity contribution in [2.45, 2.75) is 19.4 Å². The Morgan fingerprint density at radius 2 is 1.91 bits per heavy atom. The van der Waals surface area contributed by atoms with Crippen LogP contribution in [0.3, 0.4) is 0 Å². The zero-order valence-corrected chi connectivity index (χ0v) is 13.6. The minimum absolute atomic E-state index is 0.0206. The molecule has 0 spiro atoms. The molecule has 1 aromatic carbocycles. The van der Waals surface area contributed by atoms with Gasteiger partial charge in [-0.15, -0.1) is 0 Å². The number of hydrogen-bond acceptors (Lipinski definition) is 3. The van der Waals surface area contributed by atoms with Crippen molar-refractivity contribution < 1.29 is 9.53 Å². The number of nitrogens with one attached hydrogen (secondary N) is 1. The van der Waals surface area contributed by atoms with Crippen LogP contribution >= 0.6 is 0 Å². The molecule has 0 bridgehead atoms. The van der Waals surface area contributed by atoms with Gasteiger partial charge in [-0.1, -0.05) is 30.3 Å². The lowest BCUT2D eigenvalue weighted by atomic mass is 10.1. The van der Waals surface area contributed by atoms with Crippen LogP contribution in [0.1, 0.15) is 12.5 Å². The Hall–Kier alpha value is -1.59. The maximum Gasteiger partial charge on any atom is 0.317 e. The molecule has 2 rings (SSSR count). The molecule has 1 atom stereocenters. The highest BCUT2D eigenvalue weighted by Gasteiger charge is 2.21. The summed E-state index contributed by atoms with van der Waals surface area (Å²) in [5.74, 6) is 0. The van der Waals surface area contributed by atoms with E-state index in [1.54, 1.807) is 7.11 Å². The van der Waals surface area contributed by atoms with Crippen LogP contribution in [0.2, 0.25) is 0 Å². The largest absolute Gasteiger partial charge is 0.383 e. The molecule has 122 valence electrons. The van der Waals surface area contributed by atoms with Crippen LogP contribution in [-0.4, -0.2) is 68.3 Å². The molecule has 0 radical (unpaired) electrons. The highest BCUT2D eigenvalue weighted by Crippen LogP contribution is 2.06. The molecule has 1 aromatic rings. The summed E-state index contributed by atoms with van der Waals surface area (Å²) in [7, 11) is 1.65. The molecular weight excluding hydrogens is 278 g/mol. The first kappa shape index (κ1) is 16.8. The van der Waals surface area contributed by atoms with Crippen molar-refractivity contribution in [2.24, 2.45) is 0 Å². The maximum atomic E-state index is 12.1. The Bertz CT molecular complexity index is 444. The topological polar surface area (TPSA) is 44.8 Å². The van der Waals surface area contributed by atoms with Gasteiger partial charge in [0.25, 0.3) is 0 Å². The summed E-state index contributed by atoms with van der Waals surface area (Å²) in [5, 5.41) is 2.97. The number of hydrogen-bond donors (Lipinski definition) is 1. The number of nitrogens with zero attached hydrogens (tertiary/aromatic N) is 2. The molecule has 1 aliphatic heterocycles. The number of methoxy groups -OCH3 is 1. The smallest absolute Gasteiger partial charge is 0.317 e. The summed E-state index contributed by atoms with van der Waals surface area (Å²) in [4.78, 5) is 16.4. The van der Waals surface area contributed by atoms with Crippen LogP contribution in [0.15, 0.2) is 30.3 Å². The molecule has 1 fully saturated rings. The van der Waals surface area contributed by atoms with Gasteiger partial charge in [0.05, 0.1) is 12.6 Å². The van der Waals surface area contributed by atoms with E-state index in [1.165, 1.54) is 5.56 Å². The normalized spacial score (nSPS) is 17.3. The minimum Gasteiger partial charge on any atom is -0.383 e. The van der Waals surface area contributed by atoms with E-state index in [1.807, 2.05) is 17.9 Å². The van der Waals surface area contributed by atoms with Crippen molar-refractivity contribution in [3.8, 4) is 0 Å². The SMILES string of the molecule is COCC(C)NC(=O)N1CCN(CCc2ccccc2)CC1. The fraction of sp³-hybridized carbons (Fsp3) is 0.588. The van der Waals surface area contributed by atoms with Gasteiger partial charge in [-0.3, -0.25) is 4.90 Å². The summed E-state index contributed by atoms with van der Waals surface area (Å²) in [6, 6.07) is 10.6. The molecule has 22 heavy (non-hydrogen) atoms. The predicted molar refractivity (Wildman–Crippen MR) is 88.0 cm³/mol. The lowest BCUT2D eigenvalue weighted by Gasteiger charge is -2.35. The average Bonchev–Trinajstić information content (AvgIpc) is 2.54. The van der Waals surface area contributed by atoms with Crippen molar-refractivity contribution in [3.63, 3.8) is 0 Å². The van der Waals surface area contributed by atoms with Crippen LogP contribution in [0.4, 0.5) is 4.79 Å². The number of piperazine rings is 1. The Morgan fingerprint density at radius 3 is 2.55 bits per heavy atom. The molecule has 1 saturated heterocycles. The first-order chi connectivity index (χ1) is 10.7. The van der Waals surface area contributed by atoms with E-state index < -0.39 is 0 Å². The van der Waals surface area contributed by atoms with Crippen LogP contribution in [0.5, 0.6) is 0 Å². The second kappa shape index (κ2) is 8.76. The standard InChI is InChI=1S/C17H27N3O2/c1-15(14-22-2)18-17(21)20-12-10-19(11-13-20)9-8-16-6-4-3-5-7-16/h3-7,15H,8-14H2,1-2H3,(H,18,21). The molecule has 2 amide bonds. The average molecular weight is 305 g/mol. The second-order valence-electron chi connectivity index (χ2n) is 5.87. The zero-order chi connectivity index (χ0) is 15.8. The van der Waals surface area contributed by atoms with Crippen molar-refractivity contribution in [2.75, 3.05) is 46.4 Å². The molecule has 0 aliphatic carbocycles. The van der Waals surface area contributed by atoms with Gasteiger partial charge in [-0.05, 0) is 18.9 Å². The summed E-state index contributed by atoms with van der Waals surface area (Å²) < 4.78 is 5.04. The van der Waals surface area contributed by atoms with E-state index in [0.29, 0.717) is 6.61 Å². The van der Waals surface area contributed by atoms with E-state index >= 15 is 0 Å². The molecular formula is C17H27N3O2. The molecule has 1 aliphatic rings. The number of carbonyl (C=O) groups is 1. The summed E-state index contributed by atoms with van der Waals surface area (Å²) in [6.45, 7) is 7.03. The third kappa shape index (κ3) is 5.31. The fourth-order valence-corrected chi connectivity index (χ4v) is 2.70. The second-order valence-corrected chi connectivity index (χ2v) is 5.87. The van der Waals surface area contributed by atoms with Gasteiger partial charge >= 0.3 is 6.03 Å². The fourth-order valence-electron chi connectivity index (χ4n) is 2.70. The number of urea groups is 1. The van der Waals surface area contributed by atoms with Crippen molar-refractivity contribution in [3.05, 3.63) is 35.9 Å². The Morgan fingerprint density at radius 1 is 1.23 bits per heavy atom. The predicted octanol–water partition coefficient (Wildman–Crippen LogP) is 1.59. The highest BCUT2D eigenvalue weighted by molar-refractivity contribution is 5.74. The van der Waals surface area contributed by atoms with Crippen LogP contribution in [0.25, 0.3) is 0 Å². The van der Waals surface area contributed by atoms with Crippen molar-refractivity contribution in [1.82, 2.24) is 15.1 Å². The highest BCUT2D eigenvalue weighted by atomic mass is 16.5. The van der Waals surface area contributed by atoms with Crippen molar-refractivity contribution >= 4 is 6.03 Å². The van der Waals surface area contributed by atoms with Crippen LogP contribution < -0.4 is 5.32 Å². The third-order valence-electron chi connectivity index (χ3n) is 4.01. The zero-order valence-electron chi connectivity index (χ0n) is 13.6. The Balaban J connectivity index is 1.68. The molecule has 5 heteroatoms. The van der Waals surface area contributed by atoms with E-state index in [0.717, 1.165) is 39.1 Å². The molecule has 1 unspecified atom stereocenters. The summed E-state index contributed by atoms with van der Waals surface area (Å²) in [6.07, 6.45) is 1.07. The number of carbonyl (C=O) groups excluding carboxylic acids is 1. The molecule has 1 N–H and O–H groups in total. The van der Waals surface area contributed by atoms with Gasteiger partial charge in [0, 0.05) is 39.8 Å². The quantitative estimate of drug-likeness (QED) is 0.868. The van der Waals surface area contributed by atoms with E-state index in [-0.39, 0.29) is 12.1 Å². The third-order valence-corrected chi connectivity index (χ3v) is 4.01.